The number of hydrogen-bond acceptors (Lipinski definition) is 18. The van der Waals surface area contributed by atoms with Crippen molar-refractivity contribution in [1.82, 2.24) is 0 Å². The van der Waals surface area contributed by atoms with Gasteiger partial charge in [0.05, 0.1) is 32.0 Å². The average Bonchev–Trinajstić information content (AvgIpc) is 2.94. The minimum atomic E-state index is -3.14. The molecule has 42 heavy (non-hydrogen) atoms. The molecule has 0 amide bonds. The van der Waals surface area contributed by atoms with Gasteiger partial charge in [-0.2, -0.15) is 0 Å². The molecular formula is C22H36O20. The lowest BCUT2D eigenvalue weighted by Gasteiger charge is -2.47. The van der Waals surface area contributed by atoms with Crippen molar-refractivity contribution in [2.75, 3.05) is 19.8 Å². The number of ether oxygens (including phenoxy) is 5. The molecule has 3 heterocycles. The van der Waals surface area contributed by atoms with Gasteiger partial charge < -0.3 is 90.1 Å². The molecule has 0 bridgehead atoms. The zero-order chi connectivity index (χ0) is 31.7. The number of carbonyl (C=O) groups is 2. The smallest absolute Gasteiger partial charge is 0.364 e. The summed E-state index contributed by atoms with van der Waals surface area (Å²) in [5.41, 5.74) is 0. The quantitative estimate of drug-likeness (QED) is 0.102. The molecule has 0 saturated carbocycles. The second-order valence-electron chi connectivity index (χ2n) is 10.3. The largest absolute Gasteiger partial charge is 0.477 e. The molecule has 3 rings (SSSR count). The maximum atomic E-state index is 12.3. The van der Waals surface area contributed by atoms with Crippen LogP contribution in [0.25, 0.3) is 0 Å². The molecule has 3 aliphatic heterocycles. The summed E-state index contributed by atoms with van der Waals surface area (Å²) < 4.78 is 26.4. The Morgan fingerprint density at radius 3 is 1.95 bits per heavy atom. The zero-order valence-corrected chi connectivity index (χ0v) is 21.7. The van der Waals surface area contributed by atoms with Crippen LogP contribution in [0.4, 0.5) is 0 Å². The van der Waals surface area contributed by atoms with E-state index in [1.54, 1.807) is 0 Å². The molecule has 0 aromatic carbocycles. The zero-order valence-electron chi connectivity index (χ0n) is 21.7. The highest BCUT2D eigenvalue weighted by Gasteiger charge is 2.57. The number of aliphatic carboxylic acids is 2. The van der Waals surface area contributed by atoms with Gasteiger partial charge in [-0.05, 0) is 0 Å². The van der Waals surface area contributed by atoms with Gasteiger partial charge in [-0.1, -0.05) is 0 Å². The number of aliphatic hydroxyl groups excluding tert-OH is 10. The first-order chi connectivity index (χ1) is 19.5. The summed E-state index contributed by atoms with van der Waals surface area (Å²) in [4.78, 5) is 23.9. The number of rotatable bonds is 11. The van der Waals surface area contributed by atoms with E-state index in [9.17, 15) is 76.0 Å². The van der Waals surface area contributed by atoms with E-state index in [2.05, 4.69) is 0 Å². The van der Waals surface area contributed by atoms with E-state index in [-0.39, 0.29) is 0 Å². The molecule has 0 aliphatic carbocycles. The van der Waals surface area contributed by atoms with Crippen molar-refractivity contribution in [3.05, 3.63) is 0 Å². The molecule has 3 fully saturated rings. The Morgan fingerprint density at radius 2 is 1.40 bits per heavy atom. The number of aliphatic hydroxyl groups is 11. The van der Waals surface area contributed by atoms with E-state index in [1.807, 2.05) is 0 Å². The van der Waals surface area contributed by atoms with Crippen LogP contribution < -0.4 is 0 Å². The van der Waals surface area contributed by atoms with Crippen LogP contribution in [0.15, 0.2) is 0 Å². The summed E-state index contributed by atoms with van der Waals surface area (Å²) in [5.74, 6) is -10.0. The highest BCUT2D eigenvalue weighted by atomic mass is 16.8. The van der Waals surface area contributed by atoms with Gasteiger partial charge in [-0.25, -0.2) is 9.59 Å². The van der Waals surface area contributed by atoms with Crippen molar-refractivity contribution in [2.45, 2.75) is 104 Å². The lowest BCUT2D eigenvalue weighted by atomic mass is 9.91. The molecule has 20 nitrogen and oxygen atoms in total. The monoisotopic (exact) mass is 620 g/mol. The first-order valence-corrected chi connectivity index (χ1v) is 12.7. The van der Waals surface area contributed by atoms with Crippen molar-refractivity contribution in [1.29, 1.82) is 0 Å². The van der Waals surface area contributed by atoms with E-state index < -0.39 is 136 Å². The molecule has 3 aliphatic rings. The summed E-state index contributed by atoms with van der Waals surface area (Å²) in [6.07, 6.45) is -27.4. The van der Waals surface area contributed by atoms with E-state index in [0.717, 1.165) is 0 Å². The fourth-order valence-corrected chi connectivity index (χ4v) is 4.84. The highest BCUT2D eigenvalue weighted by molar-refractivity contribution is 5.76. The lowest BCUT2D eigenvalue weighted by molar-refractivity contribution is -0.364. The third-order valence-corrected chi connectivity index (χ3v) is 7.31. The number of hydrogen-bond donors (Lipinski definition) is 13. The average molecular weight is 621 g/mol. The Balaban J connectivity index is 1.97. The summed E-state index contributed by atoms with van der Waals surface area (Å²) in [5, 5.41) is 130. The van der Waals surface area contributed by atoms with E-state index in [4.69, 9.17) is 23.7 Å². The first-order valence-electron chi connectivity index (χ1n) is 12.7. The number of carboxylic acids is 2. The predicted molar refractivity (Wildman–Crippen MR) is 124 cm³/mol. The van der Waals surface area contributed by atoms with Crippen molar-refractivity contribution >= 4 is 11.9 Å². The van der Waals surface area contributed by atoms with Gasteiger partial charge in [-0.3, -0.25) is 0 Å². The Labute approximate surface area is 236 Å². The maximum absolute atomic E-state index is 12.3. The van der Waals surface area contributed by atoms with Crippen molar-refractivity contribution in [3.63, 3.8) is 0 Å². The van der Waals surface area contributed by atoms with Gasteiger partial charge in [-0.15, -0.1) is 0 Å². The second kappa shape index (κ2) is 13.5. The van der Waals surface area contributed by atoms with E-state index >= 15 is 0 Å². The molecule has 0 aromatic heterocycles. The molecule has 15 atom stereocenters. The molecule has 0 aromatic rings. The van der Waals surface area contributed by atoms with E-state index in [1.165, 1.54) is 0 Å². The topological polar surface area (TPSA) is 343 Å². The standard InChI is InChI=1S/C22H36O20/c23-3-8(27)16-11(28)7(26)2-22(42-16,20(35)36)38-5-10(17-12(29)6(25)1-21(37,41-17)19(33)34)40-18-15(32)14(31)13(30)9(4-24)39-18/h6-18,23-32,37H,1-5H2,(H,33,34)(H,35,36)/t6-,7-,8-,9-,10-,11-,12-,13-,14+,15+,16-,17-,18-,21+,22-/m1/s1. The van der Waals surface area contributed by atoms with Crippen LogP contribution in [0.3, 0.4) is 0 Å². The molecule has 20 heteroatoms. The summed E-state index contributed by atoms with van der Waals surface area (Å²) in [6, 6.07) is 0. The van der Waals surface area contributed by atoms with Crippen LogP contribution in [-0.4, -0.2) is 189 Å². The summed E-state index contributed by atoms with van der Waals surface area (Å²) in [7, 11) is 0. The molecule has 3 saturated heterocycles. The third-order valence-electron chi connectivity index (χ3n) is 7.31. The van der Waals surface area contributed by atoms with Crippen LogP contribution in [0.1, 0.15) is 12.8 Å². The van der Waals surface area contributed by atoms with Gasteiger partial charge >= 0.3 is 11.9 Å². The second-order valence-corrected chi connectivity index (χ2v) is 10.3. The molecule has 0 spiro atoms. The normalized spacial score (nSPS) is 46.1. The van der Waals surface area contributed by atoms with Crippen molar-refractivity contribution < 1.29 is 99.7 Å². The van der Waals surface area contributed by atoms with Crippen LogP contribution in [-0.2, 0) is 33.3 Å². The van der Waals surface area contributed by atoms with E-state index in [0.29, 0.717) is 0 Å². The van der Waals surface area contributed by atoms with Crippen molar-refractivity contribution in [3.8, 4) is 0 Å². The Hall–Kier alpha value is -1.70. The Morgan fingerprint density at radius 1 is 0.810 bits per heavy atom. The molecule has 0 unspecified atom stereocenters. The molecule has 244 valence electrons. The Bertz CT molecular complexity index is 936. The van der Waals surface area contributed by atoms with Gasteiger partial charge in [0.25, 0.3) is 11.6 Å². The predicted octanol–water partition coefficient (Wildman–Crippen LogP) is -7.88. The third kappa shape index (κ3) is 6.83. The maximum Gasteiger partial charge on any atom is 0.364 e. The lowest BCUT2D eigenvalue weighted by Crippen LogP contribution is -2.66. The van der Waals surface area contributed by atoms with Gasteiger partial charge in [0, 0.05) is 12.8 Å². The highest BCUT2D eigenvalue weighted by Crippen LogP contribution is 2.36. The van der Waals surface area contributed by atoms with Gasteiger partial charge in [0.2, 0.25) is 0 Å². The Kier molecular flexibility index (Phi) is 11.2. The summed E-state index contributed by atoms with van der Waals surface area (Å²) in [6.45, 7) is -3.12. The number of carboxylic acid groups (broad SMARTS) is 2. The molecule has 13 N–H and O–H groups in total. The van der Waals surface area contributed by atoms with Gasteiger partial charge in [0.15, 0.2) is 6.29 Å². The molecular weight excluding hydrogens is 584 g/mol. The van der Waals surface area contributed by atoms with Crippen molar-refractivity contribution in [2.24, 2.45) is 0 Å². The fourth-order valence-electron chi connectivity index (χ4n) is 4.84. The van der Waals surface area contributed by atoms with Crippen LogP contribution >= 0.6 is 0 Å². The molecule has 0 radical (unpaired) electrons. The van der Waals surface area contributed by atoms with Gasteiger partial charge in [0.1, 0.15) is 61.0 Å². The minimum absolute atomic E-state index is 0.906. The van der Waals surface area contributed by atoms with Crippen LogP contribution in [0, 0.1) is 0 Å². The fraction of sp³-hybridized carbons (Fsp3) is 0.909. The SMILES string of the molecule is O=C(O)[C@@]1(OC[C@@H](O[C@H]2O[C@H](CO)[C@@H](O)[C@H](O)[C@@H]2O)[C@H]2O[C@](O)(C(=O)O)C[C@@H](O)[C@H]2O)C[C@@H](O)[C@@H](O)[C@@H]([C@H](O)CO)O1. The minimum Gasteiger partial charge on any atom is -0.477 e. The van der Waals surface area contributed by atoms with Crippen LogP contribution in [0.5, 0.6) is 0 Å². The van der Waals surface area contributed by atoms with Crippen LogP contribution in [0.2, 0.25) is 0 Å². The summed E-state index contributed by atoms with van der Waals surface area (Å²) >= 11 is 0. The first kappa shape index (κ1) is 34.8.